The van der Waals surface area contributed by atoms with E-state index < -0.39 is 0 Å². The summed E-state index contributed by atoms with van der Waals surface area (Å²) >= 11 is 0. The number of likely N-dealkylation sites (tertiary alicyclic amines) is 1. The van der Waals surface area contributed by atoms with Crippen LogP contribution in [0.3, 0.4) is 0 Å². The molecule has 0 bridgehead atoms. The molecule has 4 rings (SSSR count). The molecule has 1 atom stereocenters. The van der Waals surface area contributed by atoms with Crippen LogP contribution in [0.25, 0.3) is 0 Å². The Morgan fingerprint density at radius 3 is 2.70 bits per heavy atom. The molecular weight excluding hydrogens is 420 g/mol. The second kappa shape index (κ2) is 11.0. The van der Waals surface area contributed by atoms with Gasteiger partial charge in [0.15, 0.2) is 11.5 Å². The Balaban J connectivity index is 1.38. The van der Waals surface area contributed by atoms with Crippen molar-refractivity contribution in [3.8, 4) is 11.5 Å². The Morgan fingerprint density at radius 1 is 1.15 bits per heavy atom. The molecule has 1 amide bonds. The highest BCUT2D eigenvalue weighted by atomic mass is 16.5. The Kier molecular flexibility index (Phi) is 7.88. The van der Waals surface area contributed by atoms with Crippen molar-refractivity contribution in [2.45, 2.75) is 45.2 Å². The second-order valence-corrected chi connectivity index (χ2v) is 8.95. The number of morpholine rings is 1. The number of carbonyl (C=O) groups excluding carboxylic acids is 1. The second-order valence-electron chi connectivity index (χ2n) is 8.95. The van der Waals surface area contributed by atoms with E-state index in [-0.39, 0.29) is 11.9 Å². The van der Waals surface area contributed by atoms with Crippen LogP contribution in [-0.2, 0) is 18.3 Å². The largest absolute Gasteiger partial charge is 0.493 e. The van der Waals surface area contributed by atoms with Gasteiger partial charge in [0.1, 0.15) is 5.69 Å². The van der Waals surface area contributed by atoms with Crippen molar-refractivity contribution in [1.82, 2.24) is 19.6 Å². The van der Waals surface area contributed by atoms with Gasteiger partial charge in [-0.15, -0.1) is 0 Å². The zero-order valence-corrected chi connectivity index (χ0v) is 20.1. The summed E-state index contributed by atoms with van der Waals surface area (Å²) in [6, 6.07) is 8.19. The van der Waals surface area contributed by atoms with E-state index in [2.05, 4.69) is 22.1 Å². The maximum absolute atomic E-state index is 13.2. The van der Waals surface area contributed by atoms with Crippen molar-refractivity contribution in [2.24, 2.45) is 7.05 Å². The minimum Gasteiger partial charge on any atom is -0.493 e. The summed E-state index contributed by atoms with van der Waals surface area (Å²) in [5.41, 5.74) is 2.72. The number of hydrogen-bond acceptors (Lipinski definition) is 6. The number of rotatable bonds is 8. The van der Waals surface area contributed by atoms with E-state index >= 15 is 0 Å². The summed E-state index contributed by atoms with van der Waals surface area (Å²) < 4.78 is 18.9. The third kappa shape index (κ3) is 5.86. The van der Waals surface area contributed by atoms with Crippen molar-refractivity contribution >= 4 is 5.91 Å². The van der Waals surface area contributed by atoms with E-state index in [0.717, 1.165) is 82.3 Å². The first-order valence-corrected chi connectivity index (χ1v) is 12.0. The third-order valence-electron chi connectivity index (χ3n) is 6.56. The minimum atomic E-state index is 0.0629. The van der Waals surface area contributed by atoms with Crippen LogP contribution < -0.4 is 9.47 Å². The molecule has 2 aliphatic heterocycles. The van der Waals surface area contributed by atoms with E-state index in [1.165, 1.54) is 5.56 Å². The highest BCUT2D eigenvalue weighted by molar-refractivity contribution is 5.93. The first-order chi connectivity index (χ1) is 16.0. The molecule has 2 fully saturated rings. The molecule has 8 heteroatoms. The number of ether oxygens (including phenoxy) is 3. The molecule has 0 aliphatic carbocycles. The van der Waals surface area contributed by atoms with Crippen LogP contribution in [0, 0.1) is 6.92 Å². The highest BCUT2D eigenvalue weighted by Gasteiger charge is 2.29. The average Bonchev–Trinajstić information content (AvgIpc) is 3.17. The summed E-state index contributed by atoms with van der Waals surface area (Å²) in [7, 11) is 3.50. The van der Waals surface area contributed by atoms with Crippen LogP contribution in [-0.4, -0.2) is 78.1 Å². The fourth-order valence-electron chi connectivity index (χ4n) is 4.78. The van der Waals surface area contributed by atoms with Crippen LogP contribution in [0.2, 0.25) is 0 Å². The van der Waals surface area contributed by atoms with Crippen LogP contribution in [0.5, 0.6) is 11.5 Å². The molecule has 2 saturated heterocycles. The quantitative estimate of drug-likeness (QED) is 0.608. The van der Waals surface area contributed by atoms with Crippen molar-refractivity contribution < 1.29 is 19.0 Å². The van der Waals surface area contributed by atoms with E-state index in [0.29, 0.717) is 12.3 Å². The molecule has 0 N–H and O–H groups in total. The van der Waals surface area contributed by atoms with Crippen molar-refractivity contribution in [3.63, 3.8) is 0 Å². The van der Waals surface area contributed by atoms with Crippen LogP contribution in [0.4, 0.5) is 0 Å². The number of carbonyl (C=O) groups is 1. The van der Waals surface area contributed by atoms with Gasteiger partial charge in [0.25, 0.3) is 5.91 Å². The average molecular weight is 457 g/mol. The van der Waals surface area contributed by atoms with Gasteiger partial charge in [-0.25, -0.2) is 0 Å². The predicted molar refractivity (Wildman–Crippen MR) is 126 cm³/mol. The summed E-state index contributed by atoms with van der Waals surface area (Å²) in [5, 5.41) is 4.34. The summed E-state index contributed by atoms with van der Waals surface area (Å²) in [5.74, 6) is 1.56. The van der Waals surface area contributed by atoms with E-state index in [4.69, 9.17) is 14.2 Å². The predicted octanol–water partition coefficient (Wildman–Crippen LogP) is 3.03. The molecular formula is C25H36N4O4. The zero-order valence-electron chi connectivity index (χ0n) is 20.1. The van der Waals surface area contributed by atoms with Crippen LogP contribution in [0.15, 0.2) is 24.3 Å². The van der Waals surface area contributed by atoms with Crippen molar-refractivity contribution in [3.05, 3.63) is 41.2 Å². The zero-order chi connectivity index (χ0) is 23.2. The molecule has 0 spiro atoms. The van der Waals surface area contributed by atoms with Gasteiger partial charge in [-0.05, 0) is 49.9 Å². The topological polar surface area (TPSA) is 69.1 Å². The Bertz CT molecular complexity index is 938. The lowest BCUT2D eigenvalue weighted by Gasteiger charge is -2.35. The van der Waals surface area contributed by atoms with Gasteiger partial charge in [-0.3, -0.25) is 14.4 Å². The van der Waals surface area contributed by atoms with Gasteiger partial charge < -0.3 is 19.1 Å². The first kappa shape index (κ1) is 23.6. The van der Waals surface area contributed by atoms with E-state index in [1.807, 2.05) is 31.0 Å². The van der Waals surface area contributed by atoms with Gasteiger partial charge in [-0.2, -0.15) is 5.10 Å². The molecule has 3 heterocycles. The molecule has 180 valence electrons. The lowest BCUT2D eigenvalue weighted by atomic mass is 9.99. The fraction of sp³-hybridized carbons (Fsp3) is 0.600. The summed E-state index contributed by atoms with van der Waals surface area (Å²) in [6.07, 6.45) is 3.97. The van der Waals surface area contributed by atoms with Gasteiger partial charge in [-0.1, -0.05) is 6.07 Å². The van der Waals surface area contributed by atoms with Crippen molar-refractivity contribution in [1.29, 1.82) is 0 Å². The molecule has 2 aromatic rings. The molecule has 1 aromatic carbocycles. The normalized spacial score (nSPS) is 19.5. The Morgan fingerprint density at radius 2 is 1.97 bits per heavy atom. The molecule has 0 saturated carbocycles. The molecule has 0 radical (unpaired) electrons. The summed E-state index contributed by atoms with van der Waals surface area (Å²) in [4.78, 5) is 17.6. The molecule has 33 heavy (non-hydrogen) atoms. The number of benzene rings is 1. The summed E-state index contributed by atoms with van der Waals surface area (Å²) in [6.45, 7) is 7.58. The standard InChI is InChI=1S/C25H36N4O4/c1-19-16-22(27(2)26-19)25(30)29-10-5-4-6-21(29)9-13-33-24-17-20(7-8-23(24)31-3)18-28-11-14-32-15-12-28/h7-8,16-17,21H,4-6,9-15,18H2,1-3H3. The Hall–Kier alpha value is -2.58. The number of nitrogens with zero attached hydrogens (tertiary/aromatic N) is 4. The molecule has 1 unspecified atom stereocenters. The van der Waals surface area contributed by atoms with E-state index in [1.54, 1.807) is 11.8 Å². The lowest BCUT2D eigenvalue weighted by molar-refractivity contribution is 0.0341. The molecule has 1 aromatic heterocycles. The van der Waals surface area contributed by atoms with Gasteiger partial charge in [0, 0.05) is 45.7 Å². The number of aryl methyl sites for hydroxylation is 2. The van der Waals surface area contributed by atoms with Gasteiger partial charge >= 0.3 is 0 Å². The number of hydrogen-bond donors (Lipinski definition) is 0. The SMILES string of the molecule is COc1ccc(CN2CCOCC2)cc1OCCC1CCCCN1C(=O)c1cc(C)nn1C. The third-order valence-corrected chi connectivity index (χ3v) is 6.56. The smallest absolute Gasteiger partial charge is 0.272 e. The first-order valence-electron chi connectivity index (χ1n) is 12.0. The fourth-order valence-corrected chi connectivity index (χ4v) is 4.78. The highest BCUT2D eigenvalue weighted by Crippen LogP contribution is 2.30. The molecule has 2 aliphatic rings. The monoisotopic (exact) mass is 456 g/mol. The van der Waals surface area contributed by atoms with Gasteiger partial charge in [0.05, 0.1) is 32.6 Å². The number of piperidine rings is 1. The minimum absolute atomic E-state index is 0.0629. The number of amides is 1. The Labute approximate surface area is 196 Å². The van der Waals surface area contributed by atoms with E-state index in [9.17, 15) is 4.79 Å². The lowest BCUT2D eigenvalue weighted by Crippen LogP contribution is -2.45. The maximum Gasteiger partial charge on any atom is 0.272 e. The van der Waals surface area contributed by atoms with Crippen LogP contribution >= 0.6 is 0 Å². The molecule has 8 nitrogen and oxygen atoms in total. The van der Waals surface area contributed by atoms with Crippen LogP contribution in [0.1, 0.15) is 47.4 Å². The number of aromatic nitrogens is 2. The number of methoxy groups -OCH3 is 1. The van der Waals surface area contributed by atoms with Crippen molar-refractivity contribution in [2.75, 3.05) is 46.6 Å². The maximum atomic E-state index is 13.2. The van der Waals surface area contributed by atoms with Gasteiger partial charge in [0.2, 0.25) is 0 Å².